The van der Waals surface area contributed by atoms with Crippen LogP contribution < -0.4 is 11.2 Å². The number of benzene rings is 1. The highest BCUT2D eigenvalue weighted by Gasteiger charge is 2.23. The number of rotatable bonds is 7. The maximum absolute atomic E-state index is 13.3. The van der Waals surface area contributed by atoms with Crippen LogP contribution in [0.4, 0.5) is 0 Å². The van der Waals surface area contributed by atoms with Crippen LogP contribution in [0.3, 0.4) is 0 Å². The molecule has 164 valence electrons. The molecule has 3 aromatic rings. The molecule has 1 saturated heterocycles. The fourth-order valence-electron chi connectivity index (χ4n) is 4.02. The van der Waals surface area contributed by atoms with E-state index in [-0.39, 0.29) is 19.0 Å². The zero-order valence-electron chi connectivity index (χ0n) is 17.7. The number of amides is 1. The number of fused-ring (bicyclic) bond motifs is 1. The summed E-state index contributed by atoms with van der Waals surface area (Å²) in [5, 5.41) is 0. The molecule has 0 N–H and O–H groups in total. The highest BCUT2D eigenvalue weighted by atomic mass is 16.5. The van der Waals surface area contributed by atoms with Crippen molar-refractivity contribution in [2.45, 2.75) is 38.9 Å². The van der Waals surface area contributed by atoms with Gasteiger partial charge in [-0.3, -0.25) is 14.2 Å². The highest BCUT2D eigenvalue weighted by molar-refractivity contribution is 5.77. The first kappa shape index (κ1) is 21.0. The van der Waals surface area contributed by atoms with E-state index in [0.29, 0.717) is 37.4 Å². The van der Waals surface area contributed by atoms with Crippen molar-refractivity contribution >= 4 is 17.1 Å². The van der Waals surface area contributed by atoms with E-state index in [9.17, 15) is 14.4 Å². The number of likely N-dealkylation sites (tertiary alicyclic amines) is 1. The molecule has 1 amide bonds. The Morgan fingerprint density at radius 2 is 1.81 bits per heavy atom. The van der Waals surface area contributed by atoms with Crippen molar-refractivity contribution in [3.05, 3.63) is 63.1 Å². The second-order valence-electron chi connectivity index (χ2n) is 7.79. The Bertz CT molecular complexity index is 1170. The van der Waals surface area contributed by atoms with E-state index in [2.05, 4.69) is 4.98 Å². The Morgan fingerprint density at radius 3 is 2.52 bits per heavy atom. The first-order valence-electron chi connectivity index (χ1n) is 10.6. The number of nitrogens with zero attached hydrogens (tertiary/aromatic N) is 5. The molecule has 3 heterocycles. The van der Waals surface area contributed by atoms with Gasteiger partial charge in [-0.15, -0.1) is 0 Å². The van der Waals surface area contributed by atoms with Gasteiger partial charge in [0.25, 0.3) is 5.56 Å². The van der Waals surface area contributed by atoms with Gasteiger partial charge in [0.2, 0.25) is 5.91 Å². The Labute approximate surface area is 179 Å². The van der Waals surface area contributed by atoms with E-state index in [0.717, 1.165) is 29.4 Å². The van der Waals surface area contributed by atoms with Crippen LogP contribution in [0.5, 0.6) is 0 Å². The Morgan fingerprint density at radius 1 is 1.06 bits per heavy atom. The highest BCUT2D eigenvalue weighted by Crippen LogP contribution is 2.11. The standard InChI is InChI=1S/C22H27N5O4/c1-31-13-12-25-16-23-20-19(25)21(29)27(15-18(28)24-10-6-3-7-11-24)22(30)26(20)14-17-8-4-2-5-9-17/h2,4-5,8-9,16H,3,6-7,10-15H2,1H3. The van der Waals surface area contributed by atoms with Crippen LogP contribution in [0.15, 0.2) is 46.2 Å². The van der Waals surface area contributed by atoms with Crippen molar-refractivity contribution in [2.24, 2.45) is 0 Å². The molecule has 0 saturated carbocycles. The number of carbonyl (C=O) groups excluding carboxylic acids is 1. The fraction of sp³-hybridized carbons (Fsp3) is 0.455. The monoisotopic (exact) mass is 425 g/mol. The van der Waals surface area contributed by atoms with Gasteiger partial charge in [-0.05, 0) is 24.8 Å². The van der Waals surface area contributed by atoms with Crippen LogP contribution >= 0.6 is 0 Å². The molecule has 9 heteroatoms. The average Bonchev–Trinajstić information content (AvgIpc) is 3.23. The predicted octanol–water partition coefficient (Wildman–Crippen LogP) is 1.07. The largest absolute Gasteiger partial charge is 0.383 e. The van der Waals surface area contributed by atoms with Crippen molar-refractivity contribution in [3.8, 4) is 0 Å². The van der Waals surface area contributed by atoms with Gasteiger partial charge in [-0.25, -0.2) is 14.3 Å². The number of aromatic nitrogens is 4. The minimum atomic E-state index is -0.524. The van der Waals surface area contributed by atoms with E-state index in [4.69, 9.17) is 4.74 Å². The molecule has 9 nitrogen and oxygen atoms in total. The summed E-state index contributed by atoms with van der Waals surface area (Å²) in [6.45, 7) is 2.15. The zero-order chi connectivity index (χ0) is 21.8. The molecule has 4 rings (SSSR count). The lowest BCUT2D eigenvalue weighted by Crippen LogP contribution is -2.46. The first-order chi connectivity index (χ1) is 15.1. The third-order valence-corrected chi connectivity index (χ3v) is 5.71. The lowest BCUT2D eigenvalue weighted by molar-refractivity contribution is -0.132. The second kappa shape index (κ2) is 9.30. The van der Waals surface area contributed by atoms with Gasteiger partial charge in [-0.1, -0.05) is 30.3 Å². The van der Waals surface area contributed by atoms with Gasteiger partial charge < -0.3 is 14.2 Å². The zero-order valence-corrected chi connectivity index (χ0v) is 17.7. The molecule has 1 aliphatic heterocycles. The van der Waals surface area contributed by atoms with Crippen LogP contribution in [-0.2, 0) is 29.2 Å². The molecule has 0 atom stereocenters. The Hall–Kier alpha value is -3.20. The number of imidazole rings is 1. The van der Waals surface area contributed by atoms with Gasteiger partial charge in [0, 0.05) is 26.7 Å². The van der Waals surface area contributed by atoms with E-state index < -0.39 is 11.2 Å². The molecular weight excluding hydrogens is 398 g/mol. The van der Waals surface area contributed by atoms with Crippen molar-refractivity contribution in [2.75, 3.05) is 26.8 Å². The quantitative estimate of drug-likeness (QED) is 0.565. The molecule has 0 radical (unpaired) electrons. The van der Waals surface area contributed by atoms with Gasteiger partial charge in [0.15, 0.2) is 11.2 Å². The number of ether oxygens (including phenoxy) is 1. The van der Waals surface area contributed by atoms with E-state index in [1.807, 2.05) is 30.3 Å². The van der Waals surface area contributed by atoms with Gasteiger partial charge in [-0.2, -0.15) is 0 Å². The molecular formula is C22H27N5O4. The predicted molar refractivity (Wildman–Crippen MR) is 116 cm³/mol. The fourth-order valence-corrected chi connectivity index (χ4v) is 4.02. The van der Waals surface area contributed by atoms with Crippen molar-refractivity contribution in [1.82, 2.24) is 23.6 Å². The number of piperidine rings is 1. The maximum Gasteiger partial charge on any atom is 0.333 e. The third-order valence-electron chi connectivity index (χ3n) is 5.71. The average molecular weight is 425 g/mol. The first-order valence-corrected chi connectivity index (χ1v) is 10.6. The summed E-state index contributed by atoms with van der Waals surface area (Å²) in [6, 6.07) is 9.51. The normalized spacial score (nSPS) is 14.3. The van der Waals surface area contributed by atoms with Crippen LogP contribution in [0, 0.1) is 0 Å². The molecule has 0 aliphatic carbocycles. The van der Waals surface area contributed by atoms with Crippen LogP contribution in [0.25, 0.3) is 11.2 Å². The molecule has 0 spiro atoms. The third kappa shape index (κ3) is 4.32. The number of carbonyl (C=O) groups is 1. The van der Waals surface area contributed by atoms with Crippen LogP contribution in [0.2, 0.25) is 0 Å². The summed E-state index contributed by atoms with van der Waals surface area (Å²) in [6.07, 6.45) is 4.53. The van der Waals surface area contributed by atoms with E-state index in [1.54, 1.807) is 22.9 Å². The van der Waals surface area contributed by atoms with Gasteiger partial charge >= 0.3 is 5.69 Å². The number of hydrogen-bond acceptors (Lipinski definition) is 5. The molecule has 1 aromatic carbocycles. The number of methoxy groups -OCH3 is 1. The lowest BCUT2D eigenvalue weighted by Gasteiger charge is -2.26. The molecule has 31 heavy (non-hydrogen) atoms. The van der Waals surface area contributed by atoms with Crippen molar-refractivity contribution in [1.29, 1.82) is 0 Å². The second-order valence-corrected chi connectivity index (χ2v) is 7.79. The van der Waals surface area contributed by atoms with Crippen LogP contribution in [0.1, 0.15) is 24.8 Å². The summed E-state index contributed by atoms with van der Waals surface area (Å²) in [5.74, 6) is -0.201. The van der Waals surface area contributed by atoms with Crippen molar-refractivity contribution in [3.63, 3.8) is 0 Å². The number of hydrogen-bond donors (Lipinski definition) is 0. The summed E-state index contributed by atoms with van der Waals surface area (Å²) < 4.78 is 9.35. The van der Waals surface area contributed by atoms with Gasteiger partial charge in [0.05, 0.1) is 19.5 Å². The van der Waals surface area contributed by atoms with Crippen LogP contribution in [-0.4, -0.2) is 56.3 Å². The van der Waals surface area contributed by atoms with E-state index >= 15 is 0 Å². The SMILES string of the molecule is COCCn1cnc2c1c(=O)n(CC(=O)N1CCCCC1)c(=O)n2Cc1ccccc1. The summed E-state index contributed by atoms with van der Waals surface area (Å²) in [4.78, 5) is 45.6. The molecule has 1 aliphatic rings. The molecule has 0 unspecified atom stereocenters. The molecule has 0 bridgehead atoms. The Kier molecular flexibility index (Phi) is 6.31. The minimum absolute atomic E-state index is 0.201. The maximum atomic E-state index is 13.3. The lowest BCUT2D eigenvalue weighted by atomic mass is 10.1. The summed E-state index contributed by atoms with van der Waals surface area (Å²) in [5.41, 5.74) is 0.507. The van der Waals surface area contributed by atoms with Crippen molar-refractivity contribution < 1.29 is 9.53 Å². The van der Waals surface area contributed by atoms with E-state index in [1.165, 1.54) is 4.57 Å². The molecule has 1 fully saturated rings. The van der Waals surface area contributed by atoms with Gasteiger partial charge in [0.1, 0.15) is 6.54 Å². The summed E-state index contributed by atoms with van der Waals surface area (Å²) >= 11 is 0. The smallest absolute Gasteiger partial charge is 0.333 e. The Balaban J connectivity index is 1.81. The summed E-state index contributed by atoms with van der Waals surface area (Å²) in [7, 11) is 1.58. The topological polar surface area (TPSA) is 91.4 Å². The molecule has 2 aromatic heterocycles. The minimum Gasteiger partial charge on any atom is -0.383 e.